The van der Waals surface area contributed by atoms with Gasteiger partial charge < -0.3 is 15.0 Å². The minimum absolute atomic E-state index is 0.0421. The summed E-state index contributed by atoms with van der Waals surface area (Å²) >= 11 is 0. The average molecular weight is 550 g/mol. The van der Waals surface area contributed by atoms with Gasteiger partial charge in [0.2, 0.25) is 21.8 Å². The molecule has 1 N–H and O–H groups in total. The fraction of sp³-hybridized carbons (Fsp3) is 0.333. The van der Waals surface area contributed by atoms with Crippen LogP contribution in [-0.4, -0.2) is 55.7 Å². The Hall–Kier alpha value is -3.69. The molecule has 206 valence electrons. The summed E-state index contributed by atoms with van der Waals surface area (Å²) < 4.78 is 34.1. The Bertz CT molecular complexity index is 1390. The second kappa shape index (κ2) is 12.9. The van der Waals surface area contributed by atoms with Gasteiger partial charge >= 0.3 is 0 Å². The maximum Gasteiger partial charge on any atom is 0.243 e. The topological polar surface area (TPSA) is 96.0 Å². The van der Waals surface area contributed by atoms with Gasteiger partial charge in [0.1, 0.15) is 5.75 Å². The minimum Gasteiger partial charge on any atom is -0.494 e. The van der Waals surface area contributed by atoms with E-state index < -0.39 is 15.9 Å². The Morgan fingerprint density at radius 1 is 0.949 bits per heavy atom. The molecule has 1 aliphatic heterocycles. The van der Waals surface area contributed by atoms with Crippen LogP contribution < -0.4 is 10.1 Å². The molecule has 8 nitrogen and oxygen atoms in total. The molecule has 3 aromatic carbocycles. The van der Waals surface area contributed by atoms with Crippen molar-refractivity contribution in [1.82, 2.24) is 9.21 Å². The lowest BCUT2D eigenvalue weighted by atomic mass is 10.1. The summed E-state index contributed by atoms with van der Waals surface area (Å²) in [4.78, 5) is 27.4. The van der Waals surface area contributed by atoms with Crippen LogP contribution in [0.25, 0.3) is 0 Å². The predicted molar refractivity (Wildman–Crippen MR) is 151 cm³/mol. The molecule has 39 heavy (non-hydrogen) atoms. The van der Waals surface area contributed by atoms with Crippen LogP contribution in [0.15, 0.2) is 77.7 Å². The van der Waals surface area contributed by atoms with Crippen molar-refractivity contribution in [3.63, 3.8) is 0 Å². The van der Waals surface area contributed by atoms with Gasteiger partial charge in [-0.25, -0.2) is 8.42 Å². The summed E-state index contributed by atoms with van der Waals surface area (Å²) in [6, 6.07) is 21.0. The van der Waals surface area contributed by atoms with Gasteiger partial charge in [0.25, 0.3) is 0 Å². The van der Waals surface area contributed by atoms with Crippen molar-refractivity contribution >= 4 is 27.5 Å². The van der Waals surface area contributed by atoms with Crippen molar-refractivity contribution in [2.75, 3.05) is 31.6 Å². The number of hydrogen-bond acceptors (Lipinski definition) is 5. The first kappa shape index (κ1) is 28.3. The first-order chi connectivity index (χ1) is 18.8. The first-order valence-electron chi connectivity index (χ1n) is 13.2. The molecule has 0 bridgehead atoms. The summed E-state index contributed by atoms with van der Waals surface area (Å²) in [6.45, 7) is 5.44. The van der Waals surface area contributed by atoms with Crippen LogP contribution in [0.5, 0.6) is 5.75 Å². The molecule has 9 heteroatoms. The van der Waals surface area contributed by atoms with Crippen LogP contribution in [0.2, 0.25) is 0 Å². The van der Waals surface area contributed by atoms with Crippen molar-refractivity contribution in [1.29, 1.82) is 0 Å². The SMILES string of the molecule is CCOc1ccc(S(=O)(=O)N(CC(=O)Nc2ccc(CC(=O)N3CCCC3)cc2)Cc2ccccc2)cc1C. The number of ether oxygens (including phenoxy) is 1. The molecule has 0 radical (unpaired) electrons. The lowest BCUT2D eigenvalue weighted by Crippen LogP contribution is -2.37. The maximum absolute atomic E-state index is 13.7. The Morgan fingerprint density at radius 3 is 2.28 bits per heavy atom. The van der Waals surface area contributed by atoms with Gasteiger partial charge in [-0.15, -0.1) is 0 Å². The van der Waals surface area contributed by atoms with Crippen LogP contribution >= 0.6 is 0 Å². The van der Waals surface area contributed by atoms with Gasteiger partial charge in [-0.2, -0.15) is 4.31 Å². The van der Waals surface area contributed by atoms with Crippen LogP contribution in [0.3, 0.4) is 0 Å². The number of hydrogen-bond donors (Lipinski definition) is 1. The molecule has 0 aromatic heterocycles. The molecule has 3 aromatic rings. The molecule has 1 aliphatic rings. The monoisotopic (exact) mass is 549 g/mol. The molecule has 1 saturated heterocycles. The Balaban J connectivity index is 1.47. The fourth-order valence-electron chi connectivity index (χ4n) is 4.58. The van der Waals surface area contributed by atoms with E-state index in [0.29, 0.717) is 30.0 Å². The number of sulfonamides is 1. The number of carbonyl (C=O) groups is 2. The molecular formula is C30H35N3O5S. The summed E-state index contributed by atoms with van der Waals surface area (Å²) in [7, 11) is -3.99. The highest BCUT2D eigenvalue weighted by Crippen LogP contribution is 2.25. The zero-order chi connectivity index (χ0) is 27.8. The second-order valence-electron chi connectivity index (χ2n) is 9.63. The highest BCUT2D eigenvalue weighted by Gasteiger charge is 2.28. The van der Waals surface area contributed by atoms with Gasteiger partial charge in [0.15, 0.2) is 0 Å². The quantitative estimate of drug-likeness (QED) is 0.383. The van der Waals surface area contributed by atoms with Gasteiger partial charge in [0.05, 0.1) is 24.5 Å². The van der Waals surface area contributed by atoms with Gasteiger partial charge in [-0.1, -0.05) is 42.5 Å². The third kappa shape index (κ3) is 7.46. The standard InChI is InChI=1S/C30H35N3O5S/c1-3-38-28-16-15-27(19-23(28)2)39(36,37)33(21-25-9-5-4-6-10-25)22-29(34)31-26-13-11-24(12-14-26)20-30(35)32-17-7-8-18-32/h4-6,9-16,19H,3,7-8,17-18,20-22H2,1-2H3,(H,31,34). The van der Waals surface area contributed by atoms with Crippen molar-refractivity contribution in [3.8, 4) is 5.75 Å². The van der Waals surface area contributed by atoms with E-state index >= 15 is 0 Å². The number of carbonyl (C=O) groups excluding carboxylic acids is 2. The molecule has 0 spiro atoms. The second-order valence-corrected chi connectivity index (χ2v) is 11.6. The third-order valence-electron chi connectivity index (χ3n) is 6.66. The maximum atomic E-state index is 13.7. The van der Waals surface area contributed by atoms with E-state index in [1.54, 1.807) is 31.2 Å². The lowest BCUT2D eigenvalue weighted by molar-refractivity contribution is -0.129. The van der Waals surface area contributed by atoms with Gasteiger partial charge in [-0.3, -0.25) is 9.59 Å². The molecule has 0 saturated carbocycles. The Kier molecular flexibility index (Phi) is 9.37. The van der Waals surface area contributed by atoms with E-state index in [4.69, 9.17) is 4.74 Å². The number of amides is 2. The van der Waals surface area contributed by atoms with Crippen molar-refractivity contribution in [3.05, 3.63) is 89.5 Å². The Labute approximate surface area is 230 Å². The van der Waals surface area contributed by atoms with E-state index in [1.807, 2.05) is 54.3 Å². The van der Waals surface area contributed by atoms with E-state index in [1.165, 1.54) is 10.4 Å². The number of nitrogens with zero attached hydrogens (tertiary/aromatic N) is 2. The summed E-state index contributed by atoms with van der Waals surface area (Å²) in [5.41, 5.74) is 2.87. The number of likely N-dealkylation sites (tertiary alicyclic amines) is 1. The van der Waals surface area contributed by atoms with Crippen molar-refractivity contribution in [2.24, 2.45) is 0 Å². The zero-order valence-electron chi connectivity index (χ0n) is 22.4. The predicted octanol–water partition coefficient (Wildman–Crippen LogP) is 4.39. The van der Waals surface area contributed by atoms with E-state index in [-0.39, 0.29) is 23.9 Å². The lowest BCUT2D eigenvalue weighted by Gasteiger charge is -2.22. The number of benzene rings is 3. The van der Waals surface area contributed by atoms with Crippen molar-refractivity contribution < 1.29 is 22.7 Å². The zero-order valence-corrected chi connectivity index (χ0v) is 23.2. The third-order valence-corrected chi connectivity index (χ3v) is 8.45. The van der Waals surface area contributed by atoms with Gasteiger partial charge in [-0.05, 0) is 73.7 Å². The number of nitrogens with one attached hydrogen (secondary N) is 1. The highest BCUT2D eigenvalue weighted by atomic mass is 32.2. The summed E-state index contributed by atoms with van der Waals surface area (Å²) in [5.74, 6) is 0.267. The first-order valence-corrected chi connectivity index (χ1v) is 14.6. The van der Waals surface area contributed by atoms with Crippen LogP contribution in [-0.2, 0) is 32.6 Å². The number of anilines is 1. The van der Waals surface area contributed by atoms with Crippen molar-refractivity contribution in [2.45, 2.75) is 44.6 Å². The Morgan fingerprint density at radius 2 is 1.64 bits per heavy atom. The average Bonchev–Trinajstić information content (AvgIpc) is 3.47. The molecule has 2 amide bonds. The normalized spacial score (nSPS) is 13.5. The van der Waals surface area contributed by atoms with Crippen LogP contribution in [0, 0.1) is 6.92 Å². The van der Waals surface area contributed by atoms with E-state index in [2.05, 4.69) is 5.32 Å². The molecule has 1 fully saturated rings. The smallest absolute Gasteiger partial charge is 0.243 e. The number of aryl methyl sites for hydroxylation is 1. The summed E-state index contributed by atoms with van der Waals surface area (Å²) in [5, 5.41) is 2.79. The highest BCUT2D eigenvalue weighted by molar-refractivity contribution is 7.89. The van der Waals surface area contributed by atoms with E-state index in [9.17, 15) is 18.0 Å². The molecule has 0 unspecified atom stereocenters. The van der Waals surface area contributed by atoms with Crippen LogP contribution in [0.1, 0.15) is 36.5 Å². The fourth-order valence-corrected chi connectivity index (χ4v) is 6.05. The molecule has 0 aliphatic carbocycles. The van der Waals surface area contributed by atoms with Gasteiger partial charge in [0, 0.05) is 25.3 Å². The number of rotatable bonds is 11. The summed E-state index contributed by atoms with van der Waals surface area (Å²) in [6.07, 6.45) is 2.41. The minimum atomic E-state index is -3.99. The van der Waals surface area contributed by atoms with E-state index in [0.717, 1.165) is 37.1 Å². The molecule has 1 heterocycles. The largest absolute Gasteiger partial charge is 0.494 e. The molecule has 0 atom stereocenters. The molecular weight excluding hydrogens is 514 g/mol. The molecule has 4 rings (SSSR count). The van der Waals surface area contributed by atoms with Crippen LogP contribution in [0.4, 0.5) is 5.69 Å².